The summed E-state index contributed by atoms with van der Waals surface area (Å²) in [4.78, 5) is 27.0. The summed E-state index contributed by atoms with van der Waals surface area (Å²) < 4.78 is 10.2. The Hall–Kier alpha value is -3.88. The van der Waals surface area contributed by atoms with E-state index in [1.807, 2.05) is 26.0 Å². The summed E-state index contributed by atoms with van der Waals surface area (Å²) in [5, 5.41) is 6.38. The number of methoxy groups -OCH3 is 1. The van der Waals surface area contributed by atoms with Crippen LogP contribution in [0.15, 0.2) is 45.9 Å². The number of anilines is 4. The standard InChI is InChI=1S/C19H18N6O3/c1-10-6-13(9-20-17(10)27-3)23-18-21-8-11(2)16(25-18)22-12-4-5-15-14(7-12)24-19(26)28-15/h4-9H,1-3H3,(H,24,26)(H2,21,22,23,25). The number of hydrogen-bond acceptors (Lipinski definition) is 8. The van der Waals surface area contributed by atoms with Gasteiger partial charge < -0.3 is 19.8 Å². The van der Waals surface area contributed by atoms with Crippen molar-refractivity contribution in [1.82, 2.24) is 19.9 Å². The first-order valence-electron chi connectivity index (χ1n) is 8.53. The maximum absolute atomic E-state index is 11.3. The first-order chi connectivity index (χ1) is 13.5. The second kappa shape index (κ2) is 7.03. The van der Waals surface area contributed by atoms with Gasteiger partial charge in [0.05, 0.1) is 24.5 Å². The van der Waals surface area contributed by atoms with E-state index in [0.29, 0.717) is 28.7 Å². The quantitative estimate of drug-likeness (QED) is 0.483. The molecule has 0 unspecified atom stereocenters. The lowest BCUT2D eigenvalue weighted by Gasteiger charge is -2.11. The predicted octanol–water partition coefficient (Wildman–Crippen LogP) is 3.42. The predicted molar refractivity (Wildman–Crippen MR) is 106 cm³/mol. The Labute approximate surface area is 159 Å². The van der Waals surface area contributed by atoms with Crippen molar-refractivity contribution in [2.24, 2.45) is 0 Å². The Kier molecular flexibility index (Phi) is 4.40. The number of aromatic amines is 1. The van der Waals surface area contributed by atoms with Crippen molar-refractivity contribution < 1.29 is 9.15 Å². The van der Waals surface area contributed by atoms with E-state index in [9.17, 15) is 4.79 Å². The fourth-order valence-corrected chi connectivity index (χ4v) is 2.77. The van der Waals surface area contributed by atoms with Crippen LogP contribution in [0.5, 0.6) is 5.88 Å². The Morgan fingerprint density at radius 3 is 2.68 bits per heavy atom. The minimum Gasteiger partial charge on any atom is -0.481 e. The highest BCUT2D eigenvalue weighted by atomic mass is 16.5. The average molecular weight is 378 g/mol. The molecule has 0 bridgehead atoms. The number of pyridine rings is 1. The van der Waals surface area contributed by atoms with Crippen molar-refractivity contribution in [3.8, 4) is 5.88 Å². The molecule has 4 rings (SSSR count). The summed E-state index contributed by atoms with van der Waals surface area (Å²) in [5.74, 6) is 1.16. The van der Waals surface area contributed by atoms with Crippen LogP contribution in [-0.2, 0) is 0 Å². The molecule has 3 aromatic heterocycles. The zero-order valence-electron chi connectivity index (χ0n) is 15.5. The number of rotatable bonds is 5. The molecule has 9 nitrogen and oxygen atoms in total. The maximum Gasteiger partial charge on any atom is 0.417 e. The molecule has 4 aromatic rings. The molecule has 3 N–H and O–H groups in total. The molecular formula is C19H18N6O3. The number of H-pyrrole nitrogens is 1. The van der Waals surface area contributed by atoms with Crippen LogP contribution in [0.4, 0.5) is 23.1 Å². The van der Waals surface area contributed by atoms with Crippen LogP contribution in [0.2, 0.25) is 0 Å². The number of oxazole rings is 1. The van der Waals surface area contributed by atoms with Crippen LogP contribution in [0.25, 0.3) is 11.1 Å². The van der Waals surface area contributed by atoms with E-state index in [1.165, 1.54) is 0 Å². The van der Waals surface area contributed by atoms with Gasteiger partial charge in [0.2, 0.25) is 11.8 Å². The number of hydrogen-bond donors (Lipinski definition) is 3. The summed E-state index contributed by atoms with van der Waals surface area (Å²) in [5.41, 5.74) is 4.40. The van der Waals surface area contributed by atoms with Crippen molar-refractivity contribution >= 4 is 34.2 Å². The van der Waals surface area contributed by atoms with Crippen LogP contribution in [0.1, 0.15) is 11.1 Å². The molecule has 0 atom stereocenters. The third-order valence-corrected chi connectivity index (χ3v) is 4.13. The molecule has 3 heterocycles. The SMILES string of the molecule is COc1ncc(Nc2ncc(C)c(Nc3ccc4oc(=O)[nH]c4c3)n2)cc1C. The highest BCUT2D eigenvalue weighted by molar-refractivity contribution is 5.78. The zero-order valence-corrected chi connectivity index (χ0v) is 15.5. The molecule has 0 fully saturated rings. The second-order valence-electron chi connectivity index (χ2n) is 6.25. The van der Waals surface area contributed by atoms with E-state index in [0.717, 1.165) is 22.5 Å². The zero-order chi connectivity index (χ0) is 19.7. The summed E-state index contributed by atoms with van der Waals surface area (Å²) >= 11 is 0. The number of aryl methyl sites for hydroxylation is 2. The van der Waals surface area contributed by atoms with Crippen molar-refractivity contribution in [1.29, 1.82) is 0 Å². The number of benzene rings is 1. The van der Waals surface area contributed by atoms with Crippen molar-refractivity contribution in [2.45, 2.75) is 13.8 Å². The largest absolute Gasteiger partial charge is 0.481 e. The Balaban J connectivity index is 1.59. The molecule has 28 heavy (non-hydrogen) atoms. The third kappa shape index (κ3) is 3.50. The number of fused-ring (bicyclic) bond motifs is 1. The molecule has 0 amide bonds. The number of nitrogens with one attached hydrogen (secondary N) is 3. The number of aromatic nitrogens is 4. The molecule has 1 aromatic carbocycles. The summed E-state index contributed by atoms with van der Waals surface area (Å²) in [6, 6.07) is 7.22. The second-order valence-corrected chi connectivity index (χ2v) is 6.25. The van der Waals surface area contributed by atoms with Gasteiger partial charge in [0, 0.05) is 23.0 Å². The fraction of sp³-hybridized carbons (Fsp3) is 0.158. The Morgan fingerprint density at radius 1 is 1.04 bits per heavy atom. The summed E-state index contributed by atoms with van der Waals surface area (Å²) in [6.07, 6.45) is 3.38. The molecule has 0 aliphatic heterocycles. The van der Waals surface area contributed by atoms with Gasteiger partial charge in [-0.15, -0.1) is 0 Å². The first kappa shape index (κ1) is 17.5. The highest BCUT2D eigenvalue weighted by Gasteiger charge is 2.08. The summed E-state index contributed by atoms with van der Waals surface area (Å²) in [7, 11) is 1.58. The van der Waals surface area contributed by atoms with E-state index in [4.69, 9.17) is 9.15 Å². The highest BCUT2D eigenvalue weighted by Crippen LogP contribution is 2.24. The molecule has 0 aliphatic rings. The molecule has 0 aliphatic carbocycles. The third-order valence-electron chi connectivity index (χ3n) is 4.13. The lowest BCUT2D eigenvalue weighted by Crippen LogP contribution is -2.03. The van der Waals surface area contributed by atoms with Crippen molar-refractivity contribution in [2.75, 3.05) is 17.7 Å². The van der Waals surface area contributed by atoms with Gasteiger partial charge in [-0.3, -0.25) is 4.98 Å². The van der Waals surface area contributed by atoms with Gasteiger partial charge in [-0.05, 0) is 38.1 Å². The minimum atomic E-state index is -0.486. The molecule has 9 heteroatoms. The minimum absolute atomic E-state index is 0.428. The molecule has 0 spiro atoms. The molecule has 0 saturated heterocycles. The monoisotopic (exact) mass is 378 g/mol. The fourth-order valence-electron chi connectivity index (χ4n) is 2.77. The molecular weight excluding hydrogens is 360 g/mol. The van der Waals surface area contributed by atoms with Gasteiger partial charge in [-0.1, -0.05) is 0 Å². The van der Waals surface area contributed by atoms with Crippen LogP contribution < -0.4 is 21.1 Å². The first-order valence-corrected chi connectivity index (χ1v) is 8.53. The molecule has 142 valence electrons. The van der Waals surface area contributed by atoms with Crippen LogP contribution in [-0.4, -0.2) is 27.0 Å². The van der Waals surface area contributed by atoms with Gasteiger partial charge in [-0.25, -0.2) is 14.8 Å². The topological polar surface area (TPSA) is 118 Å². The Morgan fingerprint density at radius 2 is 1.89 bits per heavy atom. The van der Waals surface area contributed by atoms with Gasteiger partial charge in [0.1, 0.15) is 5.82 Å². The summed E-state index contributed by atoms with van der Waals surface area (Å²) in [6.45, 7) is 3.82. The van der Waals surface area contributed by atoms with Gasteiger partial charge >= 0.3 is 5.76 Å². The van der Waals surface area contributed by atoms with Gasteiger partial charge in [0.15, 0.2) is 5.58 Å². The van der Waals surface area contributed by atoms with Crippen LogP contribution >= 0.6 is 0 Å². The lowest BCUT2D eigenvalue weighted by molar-refractivity contribution is 0.395. The molecule has 0 saturated carbocycles. The maximum atomic E-state index is 11.3. The van der Waals surface area contributed by atoms with Crippen molar-refractivity contribution in [3.63, 3.8) is 0 Å². The smallest absolute Gasteiger partial charge is 0.417 e. The van der Waals surface area contributed by atoms with Crippen LogP contribution in [0.3, 0.4) is 0 Å². The van der Waals surface area contributed by atoms with E-state index in [1.54, 1.807) is 31.6 Å². The average Bonchev–Trinajstić information content (AvgIpc) is 3.04. The van der Waals surface area contributed by atoms with E-state index >= 15 is 0 Å². The van der Waals surface area contributed by atoms with Gasteiger partial charge in [-0.2, -0.15) is 4.98 Å². The Bertz CT molecular complexity index is 1210. The van der Waals surface area contributed by atoms with Crippen molar-refractivity contribution in [3.05, 3.63) is 58.3 Å². The number of ether oxygens (including phenoxy) is 1. The van der Waals surface area contributed by atoms with Gasteiger partial charge in [0.25, 0.3) is 0 Å². The van der Waals surface area contributed by atoms with E-state index < -0.39 is 5.76 Å². The van der Waals surface area contributed by atoms with E-state index in [-0.39, 0.29) is 0 Å². The number of nitrogens with zero attached hydrogens (tertiary/aromatic N) is 3. The normalized spacial score (nSPS) is 10.8. The van der Waals surface area contributed by atoms with Crippen LogP contribution in [0, 0.1) is 13.8 Å². The molecule has 0 radical (unpaired) electrons. The van der Waals surface area contributed by atoms with E-state index in [2.05, 4.69) is 30.6 Å². The lowest BCUT2D eigenvalue weighted by atomic mass is 10.2.